The fraction of sp³-hybridized carbons (Fsp3) is 0.111. The van der Waals surface area contributed by atoms with Gasteiger partial charge in [0.1, 0.15) is 11.5 Å². The zero-order valence-corrected chi connectivity index (χ0v) is 17.3. The molecule has 0 saturated heterocycles. The number of nitrogens with two attached hydrogens (primary N) is 2. The van der Waals surface area contributed by atoms with E-state index < -0.39 is 0 Å². The molecule has 0 aromatic heterocycles. The Balaban J connectivity index is 1.46. The number of phenols is 2. The van der Waals surface area contributed by atoms with E-state index in [-0.39, 0.29) is 11.5 Å². The zero-order chi connectivity index (χ0) is 21.8. The molecule has 4 nitrogen and oxygen atoms in total. The van der Waals surface area contributed by atoms with Gasteiger partial charge in [0.05, 0.1) is 0 Å². The van der Waals surface area contributed by atoms with Crippen molar-refractivity contribution in [2.75, 3.05) is 0 Å². The van der Waals surface area contributed by atoms with Gasteiger partial charge in [-0.15, -0.1) is 0 Å². The highest BCUT2D eigenvalue weighted by atomic mass is 16.3. The molecule has 2 aliphatic carbocycles. The third-order valence-electron chi connectivity index (χ3n) is 5.55. The van der Waals surface area contributed by atoms with Crippen LogP contribution in [0.25, 0.3) is 12.2 Å². The van der Waals surface area contributed by atoms with E-state index in [9.17, 15) is 10.2 Å². The Morgan fingerprint density at radius 1 is 0.645 bits per heavy atom. The van der Waals surface area contributed by atoms with E-state index in [0.29, 0.717) is 19.3 Å². The summed E-state index contributed by atoms with van der Waals surface area (Å²) in [5.41, 5.74) is 20.2. The maximum absolute atomic E-state index is 9.98. The Kier molecular flexibility index (Phi) is 5.80. The number of allylic oxidation sites excluding steroid dienone is 8. The maximum Gasteiger partial charge on any atom is 0.122 e. The predicted octanol–water partition coefficient (Wildman–Crippen LogP) is 5.30. The average molecular weight is 411 g/mol. The fourth-order valence-corrected chi connectivity index (χ4v) is 3.78. The molecule has 6 N–H and O–H groups in total. The summed E-state index contributed by atoms with van der Waals surface area (Å²) < 4.78 is 0. The van der Waals surface area contributed by atoms with Crippen molar-refractivity contribution < 1.29 is 10.2 Å². The van der Waals surface area contributed by atoms with Crippen molar-refractivity contribution in [3.8, 4) is 11.5 Å². The van der Waals surface area contributed by atoms with Crippen LogP contribution in [0.2, 0.25) is 0 Å². The summed E-state index contributed by atoms with van der Waals surface area (Å²) in [6, 6.07) is 14.5. The molecule has 0 aliphatic heterocycles. The summed E-state index contributed by atoms with van der Waals surface area (Å²) in [4.78, 5) is 0. The molecule has 0 radical (unpaired) electrons. The van der Waals surface area contributed by atoms with Crippen LogP contribution in [-0.4, -0.2) is 10.2 Å². The molecule has 0 heterocycles. The molecule has 0 bridgehead atoms. The summed E-state index contributed by atoms with van der Waals surface area (Å²) >= 11 is 0. The van der Waals surface area contributed by atoms with E-state index in [2.05, 4.69) is 0 Å². The monoisotopic (exact) mass is 410 g/mol. The number of phenolic OH excluding ortho intramolecular Hbond substituents is 2. The minimum atomic E-state index is 0.259. The van der Waals surface area contributed by atoms with Crippen molar-refractivity contribution in [3.63, 3.8) is 0 Å². The predicted molar refractivity (Wildman–Crippen MR) is 127 cm³/mol. The van der Waals surface area contributed by atoms with Crippen LogP contribution >= 0.6 is 0 Å². The zero-order valence-electron chi connectivity index (χ0n) is 17.3. The Bertz CT molecular complexity index is 1100. The van der Waals surface area contributed by atoms with Crippen molar-refractivity contribution in [1.29, 1.82) is 0 Å². The first-order valence-electron chi connectivity index (χ1n) is 10.3. The molecule has 2 aromatic rings. The first kappa shape index (κ1) is 20.4. The van der Waals surface area contributed by atoms with Crippen LogP contribution < -0.4 is 11.5 Å². The summed E-state index contributed by atoms with van der Waals surface area (Å²) in [7, 11) is 0. The maximum atomic E-state index is 9.98. The van der Waals surface area contributed by atoms with Gasteiger partial charge in [-0.2, -0.15) is 0 Å². The van der Waals surface area contributed by atoms with Gasteiger partial charge in [-0.1, -0.05) is 60.7 Å². The fourth-order valence-electron chi connectivity index (χ4n) is 3.78. The molecule has 2 aliphatic rings. The highest BCUT2D eigenvalue weighted by molar-refractivity contribution is 5.65. The molecule has 0 spiro atoms. The van der Waals surface area contributed by atoms with Gasteiger partial charge < -0.3 is 21.7 Å². The lowest BCUT2D eigenvalue weighted by molar-refractivity contribution is 0.473. The van der Waals surface area contributed by atoms with E-state index in [4.69, 9.17) is 11.5 Å². The molecular weight excluding hydrogens is 384 g/mol. The number of rotatable bonds is 4. The average Bonchev–Trinajstić information content (AvgIpc) is 2.75. The van der Waals surface area contributed by atoms with E-state index >= 15 is 0 Å². The first-order valence-corrected chi connectivity index (χ1v) is 10.3. The molecular formula is C27H26N2O2. The van der Waals surface area contributed by atoms with E-state index in [1.807, 2.05) is 60.7 Å². The molecule has 0 atom stereocenters. The molecule has 2 aromatic carbocycles. The molecule has 0 saturated carbocycles. The smallest absolute Gasteiger partial charge is 0.122 e. The van der Waals surface area contributed by atoms with Gasteiger partial charge >= 0.3 is 0 Å². The van der Waals surface area contributed by atoms with Crippen LogP contribution in [0.5, 0.6) is 11.5 Å². The van der Waals surface area contributed by atoms with Gasteiger partial charge in [-0.25, -0.2) is 0 Å². The number of hydrogen-bond donors (Lipinski definition) is 4. The number of hydrogen-bond acceptors (Lipinski definition) is 4. The number of benzene rings is 2. The van der Waals surface area contributed by atoms with Crippen LogP contribution in [0.1, 0.15) is 30.4 Å². The topological polar surface area (TPSA) is 92.5 Å². The van der Waals surface area contributed by atoms with E-state index in [0.717, 1.165) is 44.8 Å². The molecule has 4 rings (SSSR count). The Morgan fingerprint density at radius 3 is 1.45 bits per heavy atom. The summed E-state index contributed by atoms with van der Waals surface area (Å²) in [6.45, 7) is 0. The minimum Gasteiger partial charge on any atom is -0.507 e. The third kappa shape index (κ3) is 4.81. The van der Waals surface area contributed by atoms with Gasteiger partial charge in [0, 0.05) is 41.8 Å². The van der Waals surface area contributed by atoms with Crippen molar-refractivity contribution in [2.45, 2.75) is 19.3 Å². The van der Waals surface area contributed by atoms with Gasteiger partial charge in [-0.05, 0) is 46.6 Å². The van der Waals surface area contributed by atoms with Crippen LogP contribution in [-0.2, 0) is 0 Å². The Hall–Kier alpha value is -3.92. The lowest BCUT2D eigenvalue weighted by Crippen LogP contribution is -2.10. The molecule has 156 valence electrons. The highest BCUT2D eigenvalue weighted by Gasteiger charge is 2.15. The second-order valence-corrected chi connectivity index (χ2v) is 7.85. The van der Waals surface area contributed by atoms with Gasteiger partial charge in [0.25, 0.3) is 0 Å². The van der Waals surface area contributed by atoms with Crippen molar-refractivity contribution >= 4 is 12.2 Å². The van der Waals surface area contributed by atoms with Crippen molar-refractivity contribution in [3.05, 3.63) is 118 Å². The lowest BCUT2D eigenvalue weighted by atomic mass is 9.89. The second-order valence-electron chi connectivity index (χ2n) is 7.85. The molecule has 0 unspecified atom stereocenters. The quantitative estimate of drug-likeness (QED) is 0.550. The standard InChI is InChI=1S/C27H26N2O2/c28-24-15-18(13-22-5-1-3-7-26(22)30)9-11-20(24)17-21-12-10-19(16-25(21)29)14-23-6-2-4-8-27(23)31/h1-14,30-31H,15-17,28-29H2. The van der Waals surface area contributed by atoms with Gasteiger partial charge in [0.2, 0.25) is 0 Å². The Morgan fingerprint density at radius 2 is 1.06 bits per heavy atom. The number of aromatic hydroxyl groups is 2. The summed E-state index contributed by atoms with van der Waals surface area (Å²) in [5.74, 6) is 0.518. The normalized spacial score (nSPS) is 19.0. The third-order valence-corrected chi connectivity index (χ3v) is 5.55. The second kappa shape index (κ2) is 8.84. The van der Waals surface area contributed by atoms with Crippen LogP contribution in [0, 0.1) is 0 Å². The molecule has 0 amide bonds. The van der Waals surface area contributed by atoms with Crippen molar-refractivity contribution in [1.82, 2.24) is 0 Å². The van der Waals surface area contributed by atoms with E-state index in [1.165, 1.54) is 0 Å². The molecule has 0 fully saturated rings. The minimum absolute atomic E-state index is 0.259. The van der Waals surface area contributed by atoms with Crippen LogP contribution in [0.4, 0.5) is 0 Å². The first-order chi connectivity index (χ1) is 15.0. The largest absolute Gasteiger partial charge is 0.507 e. The van der Waals surface area contributed by atoms with E-state index in [1.54, 1.807) is 24.3 Å². The summed E-state index contributed by atoms with van der Waals surface area (Å²) in [5, 5.41) is 20.0. The number of para-hydroxylation sites is 2. The van der Waals surface area contributed by atoms with Gasteiger partial charge in [0.15, 0.2) is 0 Å². The Labute approximate surface area is 182 Å². The molecule has 31 heavy (non-hydrogen) atoms. The molecule has 4 heteroatoms. The lowest BCUT2D eigenvalue weighted by Gasteiger charge is -2.19. The van der Waals surface area contributed by atoms with Crippen LogP contribution in [0.15, 0.2) is 107 Å². The summed E-state index contributed by atoms with van der Waals surface area (Å²) in [6.07, 6.45) is 14.0. The van der Waals surface area contributed by atoms with Gasteiger partial charge in [-0.3, -0.25) is 0 Å². The SMILES string of the molecule is NC1=C(CC2=C(N)CC(=Cc3ccccc3O)C=C2)C=CC(=Cc2ccccc2O)C1. The van der Waals surface area contributed by atoms with Crippen LogP contribution in [0.3, 0.4) is 0 Å². The van der Waals surface area contributed by atoms with Crippen molar-refractivity contribution in [2.24, 2.45) is 11.5 Å². The highest BCUT2D eigenvalue weighted by Crippen LogP contribution is 2.32.